The van der Waals surface area contributed by atoms with Crippen LogP contribution in [-0.4, -0.2) is 55.9 Å². The van der Waals surface area contributed by atoms with E-state index in [0.29, 0.717) is 5.56 Å². The highest BCUT2D eigenvalue weighted by Gasteiger charge is 2.60. The van der Waals surface area contributed by atoms with Crippen LogP contribution >= 0.6 is 33.6 Å². The maximum atomic E-state index is 16.6. The molecule has 1 N–H and O–H groups in total. The van der Waals surface area contributed by atoms with Gasteiger partial charge in [0.2, 0.25) is 0 Å². The molecule has 1 amide bonds. The van der Waals surface area contributed by atoms with Gasteiger partial charge in [0, 0.05) is 6.54 Å². The van der Waals surface area contributed by atoms with E-state index in [9.17, 15) is 4.79 Å². The van der Waals surface area contributed by atoms with Gasteiger partial charge in [-0.05, 0) is 62.1 Å². The molecule has 1 aliphatic rings. The van der Waals surface area contributed by atoms with Crippen molar-refractivity contribution >= 4 is 39.7 Å². The van der Waals surface area contributed by atoms with Crippen molar-refractivity contribution in [1.29, 1.82) is 0 Å². The van der Waals surface area contributed by atoms with Gasteiger partial charge in [-0.3, -0.25) is 13.6 Å². The molecule has 1 unspecified atom stereocenters. The minimum Gasteiger partial charge on any atom is -0.445 e. The summed E-state index contributed by atoms with van der Waals surface area (Å²) in [5.41, 5.74) is 8.02. The zero-order valence-electron chi connectivity index (χ0n) is 56.3. The van der Waals surface area contributed by atoms with Gasteiger partial charge in [-0.2, -0.15) is 0 Å². The monoisotopic (exact) mass is 1450 g/mol. The Balaban J connectivity index is 1.07. The van der Waals surface area contributed by atoms with Gasteiger partial charge >= 0.3 is 39.7 Å². The molecule has 10 aromatic rings. The molecule has 18 nitrogen and oxygen atoms in total. The van der Waals surface area contributed by atoms with Crippen molar-refractivity contribution in [3.63, 3.8) is 0 Å². The zero-order chi connectivity index (χ0) is 69.9. The number of nitrogens with one attached hydrogen (secondary N) is 1. The first-order chi connectivity index (χ1) is 50.3. The summed E-state index contributed by atoms with van der Waals surface area (Å²) in [6.07, 6.45) is -9.23. The summed E-state index contributed by atoms with van der Waals surface area (Å²) in [5.74, 6) is 0. The van der Waals surface area contributed by atoms with E-state index in [1.165, 1.54) is 0 Å². The van der Waals surface area contributed by atoms with E-state index in [1.54, 1.807) is 0 Å². The molecule has 22 heteroatoms. The van der Waals surface area contributed by atoms with Crippen molar-refractivity contribution in [2.45, 2.75) is 109 Å². The zero-order valence-corrected chi connectivity index (χ0v) is 59.8. The first-order valence-electron chi connectivity index (χ1n) is 33.6. The Morgan fingerprint density at radius 1 is 0.294 bits per heavy atom. The summed E-state index contributed by atoms with van der Waals surface area (Å²) < 4.78 is 121. The molecule has 0 heterocycles. The second-order valence-corrected chi connectivity index (χ2v) is 28.6. The Bertz CT molecular complexity index is 3830. The SMILES string of the molecule is O=C(NCCCOP(=O)(OCc1ccccc1)O[C@@H]1[C@H](OCc2ccccc2)[C@@H](OP(OCc2ccccc2)OCc2ccccc2)[C@H](OP(OCc2ccccc2)OCc2ccccc2)[C@@H](OCc2ccccc2)[C@@H]1OP(OCc1ccccc1)OCc1ccccc1)OCc1ccccc1. The Labute approximate surface area is 600 Å². The molecule has 7 atom stereocenters. The molecule has 102 heavy (non-hydrogen) atoms. The fourth-order valence-electron chi connectivity index (χ4n) is 10.5. The molecule has 0 radical (unpaired) electrons. The van der Waals surface area contributed by atoms with Gasteiger partial charge in [0.05, 0.1) is 66.1 Å². The third-order valence-corrected chi connectivity index (χ3v) is 20.5. The number of hydrogen-bond donors (Lipinski definition) is 1. The van der Waals surface area contributed by atoms with Gasteiger partial charge in [0.1, 0.15) is 43.2 Å². The highest BCUT2D eigenvalue weighted by Crippen LogP contribution is 2.59. The summed E-state index contributed by atoms with van der Waals surface area (Å²) >= 11 is 0. The summed E-state index contributed by atoms with van der Waals surface area (Å²) in [6.45, 7) is -0.174. The van der Waals surface area contributed by atoms with E-state index in [2.05, 4.69) is 5.32 Å². The third-order valence-electron chi connectivity index (χ3n) is 15.7. The fourth-order valence-corrected chi connectivity index (χ4v) is 15.3. The fraction of sp³-hybridized carbons (Fsp3) is 0.237. The molecule has 0 spiro atoms. The van der Waals surface area contributed by atoms with Gasteiger partial charge in [-0.15, -0.1) is 0 Å². The molecular formula is C80H83NO17P4. The number of amides is 1. The summed E-state index contributed by atoms with van der Waals surface area (Å²) in [7, 11) is -12.3. The predicted molar refractivity (Wildman–Crippen MR) is 392 cm³/mol. The molecule has 530 valence electrons. The molecule has 0 saturated heterocycles. The molecule has 0 bridgehead atoms. The minimum absolute atomic E-state index is 0.0398. The smallest absolute Gasteiger partial charge is 0.445 e. The van der Waals surface area contributed by atoms with Gasteiger partial charge < -0.3 is 60.2 Å². The van der Waals surface area contributed by atoms with Crippen LogP contribution in [0.2, 0.25) is 0 Å². The van der Waals surface area contributed by atoms with Crippen LogP contribution in [0.1, 0.15) is 62.1 Å². The average Bonchev–Trinajstić information content (AvgIpc) is 0.751. The Kier molecular flexibility index (Phi) is 31.3. The van der Waals surface area contributed by atoms with E-state index in [1.807, 2.05) is 303 Å². The maximum absolute atomic E-state index is 16.6. The second-order valence-electron chi connectivity index (χ2n) is 23.4. The number of carbonyl (C=O) groups is 1. The lowest BCUT2D eigenvalue weighted by Crippen LogP contribution is -2.66. The minimum atomic E-state index is -4.95. The lowest BCUT2D eigenvalue weighted by Gasteiger charge is -2.50. The summed E-state index contributed by atoms with van der Waals surface area (Å²) in [5, 5.41) is 2.78. The average molecular weight is 1450 g/mol. The quantitative estimate of drug-likeness (QED) is 0.0281. The Morgan fingerprint density at radius 3 is 0.833 bits per heavy atom. The molecule has 11 rings (SSSR count). The van der Waals surface area contributed by atoms with Gasteiger partial charge in [-0.1, -0.05) is 303 Å². The van der Waals surface area contributed by atoms with Gasteiger partial charge in [0.15, 0.2) is 0 Å². The van der Waals surface area contributed by atoms with Crippen LogP contribution in [0.25, 0.3) is 0 Å². The molecule has 0 aliphatic heterocycles. The lowest BCUT2D eigenvalue weighted by molar-refractivity contribution is -0.236. The van der Waals surface area contributed by atoms with E-state index >= 15 is 4.57 Å². The molecular weight excluding hydrogens is 1370 g/mol. The van der Waals surface area contributed by atoms with E-state index in [0.717, 1.165) is 50.1 Å². The van der Waals surface area contributed by atoms with Crippen LogP contribution in [0.4, 0.5) is 4.79 Å². The van der Waals surface area contributed by atoms with Gasteiger partial charge in [-0.25, -0.2) is 9.36 Å². The van der Waals surface area contributed by atoms with Crippen LogP contribution in [0.3, 0.4) is 0 Å². The highest BCUT2D eigenvalue weighted by molar-refractivity contribution is 7.48. The molecule has 10 aromatic carbocycles. The number of alkyl carbamates (subject to hydrolysis) is 1. The number of benzene rings is 10. The van der Waals surface area contributed by atoms with Crippen molar-refractivity contribution in [3.05, 3.63) is 359 Å². The standard InChI is InChI=1S/C80H83NO17P4/c82-80(86-56-66-36-15-3-16-37-66)81-52-31-53-93-102(83,94-63-73-50-29-10-30-51-73)98-79-75(85-55-65-34-13-2-14-35-65)77(96-100(89-59-69-42-21-6-22-43-69)90-60-70-44-23-7-24-45-70)76(95-99(87-57-67-38-17-4-18-39-67)88-58-68-40-19-5-20-41-68)74(84-54-64-32-11-1-12-33-64)78(79)97-101(91-61-71-46-25-8-26-47-71)92-62-72-48-27-9-28-49-72/h1-30,32-51,74-79H,31,52-63H2,(H,81,82)/t74-,75-,76-,77-,78+,79-,102?/m1/s1. The van der Waals surface area contributed by atoms with Crippen LogP contribution in [0.15, 0.2) is 303 Å². The molecule has 1 saturated carbocycles. The number of rotatable bonds is 42. The van der Waals surface area contributed by atoms with Crippen LogP contribution < -0.4 is 5.32 Å². The number of phosphoric acid groups is 1. The molecule has 1 fully saturated rings. The van der Waals surface area contributed by atoms with Crippen molar-refractivity contribution in [1.82, 2.24) is 5.32 Å². The molecule has 1 aliphatic carbocycles. The summed E-state index contributed by atoms with van der Waals surface area (Å²) in [6, 6.07) is 95.8. The third kappa shape index (κ3) is 25.7. The first kappa shape index (κ1) is 75.6. The number of carbonyl (C=O) groups excluding carboxylic acids is 1. The van der Waals surface area contributed by atoms with Crippen molar-refractivity contribution in [2.75, 3.05) is 13.2 Å². The number of hydrogen-bond acceptors (Lipinski definition) is 17. The molecule has 0 aromatic heterocycles. The van der Waals surface area contributed by atoms with E-state index in [-0.39, 0.29) is 85.6 Å². The normalized spacial score (nSPS) is 17.3. The van der Waals surface area contributed by atoms with Gasteiger partial charge in [0.25, 0.3) is 0 Å². The van der Waals surface area contributed by atoms with E-state index < -0.39 is 76.3 Å². The highest BCUT2D eigenvalue weighted by atomic mass is 31.2. The number of phosphoric ester groups is 1. The topological polar surface area (TPSA) is 185 Å². The van der Waals surface area contributed by atoms with Crippen molar-refractivity contribution in [2.24, 2.45) is 0 Å². The second kappa shape index (κ2) is 42.3. The number of ether oxygens (including phenoxy) is 3. The van der Waals surface area contributed by atoms with Crippen molar-refractivity contribution < 1.29 is 77.9 Å². The Hall–Kier alpha value is -7.57. The maximum Gasteiger partial charge on any atom is 0.475 e. The van der Waals surface area contributed by atoms with Crippen LogP contribution in [-0.2, 0) is 139 Å². The van der Waals surface area contributed by atoms with Crippen LogP contribution in [0, 0.1) is 0 Å². The van der Waals surface area contributed by atoms with E-state index in [4.69, 9.17) is 68.5 Å². The lowest BCUT2D eigenvalue weighted by atomic mass is 9.84. The van der Waals surface area contributed by atoms with Crippen LogP contribution in [0.5, 0.6) is 0 Å². The first-order valence-corrected chi connectivity index (χ1v) is 38.4. The largest absolute Gasteiger partial charge is 0.475 e. The predicted octanol–water partition coefficient (Wildman–Crippen LogP) is 19.4. The summed E-state index contributed by atoms with van der Waals surface area (Å²) in [4.78, 5) is 13.1. The Morgan fingerprint density at radius 2 is 0.539 bits per heavy atom. The van der Waals surface area contributed by atoms with Crippen molar-refractivity contribution in [3.8, 4) is 0 Å².